The van der Waals surface area contributed by atoms with Gasteiger partial charge in [-0.15, -0.1) is 11.6 Å². The maximum Gasteiger partial charge on any atom is 0.260 e. The number of halogens is 2. The molecule has 0 bridgehead atoms. The Morgan fingerprint density at radius 2 is 1.59 bits per heavy atom. The number of rotatable bonds is 5. The van der Waals surface area contributed by atoms with Crippen LogP contribution >= 0.6 is 23.2 Å². The Bertz CT molecular complexity index is 1180. The standard InChI is InChI=1S/C24H19Cl2N3O3/c25-13-23(31)29-19-9-5-4-8-18(19)24(32)28(21-12-17(26)10-11-20(21)29)15-22(30)27-14-16-6-2-1-3-7-16/h1-12H,13-15H2,(H,27,30). The number of carbonyl (C=O) groups is 3. The summed E-state index contributed by atoms with van der Waals surface area (Å²) in [6.07, 6.45) is 0. The SMILES string of the molecule is O=C(CN1C(=O)c2ccccc2N(C(=O)CCl)c2ccc(Cl)cc21)NCc1ccccc1. The minimum absolute atomic E-state index is 0.240. The first-order valence-electron chi connectivity index (χ1n) is 9.89. The van der Waals surface area contributed by atoms with Gasteiger partial charge in [0, 0.05) is 11.6 Å². The van der Waals surface area contributed by atoms with Crippen LogP contribution in [0.25, 0.3) is 0 Å². The molecule has 1 N–H and O–H groups in total. The van der Waals surface area contributed by atoms with Gasteiger partial charge in [-0.2, -0.15) is 0 Å². The Morgan fingerprint density at radius 1 is 0.875 bits per heavy atom. The molecule has 4 rings (SSSR count). The summed E-state index contributed by atoms with van der Waals surface area (Å²) in [6.45, 7) is 0.0911. The van der Waals surface area contributed by atoms with E-state index in [1.54, 1.807) is 42.5 Å². The number of anilines is 3. The van der Waals surface area contributed by atoms with E-state index in [4.69, 9.17) is 23.2 Å². The van der Waals surface area contributed by atoms with Crippen LogP contribution in [0.2, 0.25) is 5.02 Å². The topological polar surface area (TPSA) is 69.7 Å². The van der Waals surface area contributed by atoms with Gasteiger partial charge in [-0.25, -0.2) is 0 Å². The van der Waals surface area contributed by atoms with Crippen molar-refractivity contribution in [2.75, 3.05) is 22.2 Å². The van der Waals surface area contributed by atoms with Gasteiger partial charge in [0.2, 0.25) is 11.8 Å². The van der Waals surface area contributed by atoms with Crippen LogP contribution in [-0.4, -0.2) is 30.1 Å². The van der Waals surface area contributed by atoms with E-state index in [0.717, 1.165) is 5.56 Å². The predicted molar refractivity (Wildman–Crippen MR) is 126 cm³/mol. The van der Waals surface area contributed by atoms with Gasteiger partial charge < -0.3 is 5.32 Å². The van der Waals surface area contributed by atoms with E-state index in [-0.39, 0.29) is 23.9 Å². The molecule has 1 heterocycles. The number of benzene rings is 3. The van der Waals surface area contributed by atoms with Crippen molar-refractivity contribution in [2.45, 2.75) is 6.54 Å². The smallest absolute Gasteiger partial charge is 0.260 e. The molecule has 0 radical (unpaired) electrons. The Kier molecular flexibility index (Phi) is 6.44. The molecule has 0 saturated heterocycles. The number of carbonyl (C=O) groups excluding carboxylic acids is 3. The van der Waals surface area contributed by atoms with Crippen LogP contribution in [0.1, 0.15) is 15.9 Å². The molecule has 0 atom stereocenters. The number of nitrogens with zero attached hydrogens (tertiary/aromatic N) is 2. The van der Waals surface area contributed by atoms with Crippen molar-refractivity contribution in [2.24, 2.45) is 0 Å². The quantitative estimate of drug-likeness (QED) is 0.560. The van der Waals surface area contributed by atoms with Crippen LogP contribution in [0.4, 0.5) is 17.1 Å². The van der Waals surface area contributed by atoms with Crippen molar-refractivity contribution >= 4 is 58.0 Å². The van der Waals surface area contributed by atoms with Crippen LogP contribution < -0.4 is 15.1 Å². The first kappa shape index (κ1) is 21.9. The second kappa shape index (κ2) is 9.42. The Morgan fingerprint density at radius 3 is 2.34 bits per heavy atom. The summed E-state index contributed by atoms with van der Waals surface area (Å²) in [6, 6.07) is 21.0. The summed E-state index contributed by atoms with van der Waals surface area (Å²) in [5.74, 6) is -1.43. The van der Waals surface area contributed by atoms with Gasteiger partial charge in [-0.1, -0.05) is 54.1 Å². The van der Waals surface area contributed by atoms with Gasteiger partial charge in [0.25, 0.3) is 5.91 Å². The van der Waals surface area contributed by atoms with E-state index in [2.05, 4.69) is 5.32 Å². The molecule has 0 aromatic heterocycles. The number of amides is 3. The zero-order chi connectivity index (χ0) is 22.7. The third-order valence-electron chi connectivity index (χ3n) is 5.09. The molecule has 3 amide bonds. The van der Waals surface area contributed by atoms with E-state index in [1.165, 1.54) is 9.80 Å². The predicted octanol–water partition coefficient (Wildman–Crippen LogP) is 4.52. The number of hydrogen-bond donors (Lipinski definition) is 1. The van der Waals surface area contributed by atoms with Crippen molar-refractivity contribution in [1.29, 1.82) is 0 Å². The third-order valence-corrected chi connectivity index (χ3v) is 5.55. The Hall–Kier alpha value is -3.35. The molecule has 3 aromatic carbocycles. The number of alkyl halides is 1. The van der Waals surface area contributed by atoms with Crippen LogP contribution in [0.5, 0.6) is 0 Å². The van der Waals surface area contributed by atoms with E-state index in [9.17, 15) is 14.4 Å². The van der Waals surface area contributed by atoms with Crippen LogP contribution in [0.3, 0.4) is 0 Å². The van der Waals surface area contributed by atoms with Crippen molar-refractivity contribution in [1.82, 2.24) is 5.32 Å². The first-order chi connectivity index (χ1) is 15.5. The van der Waals surface area contributed by atoms with Crippen molar-refractivity contribution in [3.8, 4) is 0 Å². The van der Waals surface area contributed by atoms with Gasteiger partial charge in [0.05, 0.1) is 22.6 Å². The Labute approximate surface area is 195 Å². The zero-order valence-corrected chi connectivity index (χ0v) is 18.4. The number of nitrogens with one attached hydrogen (secondary N) is 1. The lowest BCUT2D eigenvalue weighted by Crippen LogP contribution is -2.40. The normalized spacial score (nSPS) is 12.6. The fourth-order valence-electron chi connectivity index (χ4n) is 3.62. The molecule has 6 nitrogen and oxygen atoms in total. The molecule has 162 valence electrons. The molecule has 3 aromatic rings. The summed E-state index contributed by atoms with van der Waals surface area (Å²) in [7, 11) is 0. The highest BCUT2D eigenvalue weighted by Gasteiger charge is 2.34. The van der Waals surface area contributed by atoms with Gasteiger partial charge in [0.1, 0.15) is 12.4 Å². The number of fused-ring (bicyclic) bond motifs is 2. The maximum absolute atomic E-state index is 13.5. The van der Waals surface area contributed by atoms with E-state index >= 15 is 0 Å². The molecule has 0 fully saturated rings. The fraction of sp³-hybridized carbons (Fsp3) is 0.125. The van der Waals surface area contributed by atoms with Gasteiger partial charge >= 0.3 is 0 Å². The summed E-state index contributed by atoms with van der Waals surface area (Å²) in [5, 5.41) is 3.21. The minimum Gasteiger partial charge on any atom is -0.350 e. The Balaban J connectivity index is 1.73. The summed E-state index contributed by atoms with van der Waals surface area (Å²) < 4.78 is 0. The fourth-order valence-corrected chi connectivity index (χ4v) is 3.90. The van der Waals surface area contributed by atoms with Crippen LogP contribution in [0, 0.1) is 0 Å². The number of hydrogen-bond acceptors (Lipinski definition) is 3. The highest BCUT2D eigenvalue weighted by atomic mass is 35.5. The molecule has 0 unspecified atom stereocenters. The zero-order valence-electron chi connectivity index (χ0n) is 16.9. The molecule has 0 saturated carbocycles. The molecular weight excluding hydrogens is 449 g/mol. The first-order valence-corrected chi connectivity index (χ1v) is 10.8. The van der Waals surface area contributed by atoms with Crippen molar-refractivity contribution in [3.05, 3.63) is 88.9 Å². The monoisotopic (exact) mass is 467 g/mol. The molecule has 1 aliphatic rings. The van der Waals surface area contributed by atoms with Crippen LogP contribution in [0.15, 0.2) is 72.8 Å². The van der Waals surface area contributed by atoms with E-state index < -0.39 is 11.8 Å². The lowest BCUT2D eigenvalue weighted by molar-refractivity contribution is -0.120. The summed E-state index contributed by atoms with van der Waals surface area (Å²) >= 11 is 12.1. The average Bonchev–Trinajstić information content (AvgIpc) is 2.91. The average molecular weight is 468 g/mol. The lowest BCUT2D eigenvalue weighted by Gasteiger charge is -2.25. The maximum atomic E-state index is 13.5. The second-order valence-electron chi connectivity index (χ2n) is 7.17. The summed E-state index contributed by atoms with van der Waals surface area (Å²) in [5.41, 5.74) is 2.41. The minimum atomic E-state index is -0.413. The largest absolute Gasteiger partial charge is 0.350 e. The third kappa shape index (κ3) is 4.33. The van der Waals surface area contributed by atoms with Gasteiger partial charge in [-0.3, -0.25) is 24.2 Å². The van der Waals surface area contributed by atoms with Crippen molar-refractivity contribution < 1.29 is 14.4 Å². The highest BCUT2D eigenvalue weighted by Crippen LogP contribution is 2.42. The summed E-state index contributed by atoms with van der Waals surface area (Å²) in [4.78, 5) is 41.8. The van der Waals surface area contributed by atoms with Crippen molar-refractivity contribution in [3.63, 3.8) is 0 Å². The molecular formula is C24H19Cl2N3O3. The molecule has 32 heavy (non-hydrogen) atoms. The molecule has 0 aliphatic carbocycles. The lowest BCUT2D eigenvalue weighted by atomic mass is 10.1. The molecule has 1 aliphatic heterocycles. The van der Waals surface area contributed by atoms with Crippen LogP contribution in [-0.2, 0) is 16.1 Å². The van der Waals surface area contributed by atoms with E-state index in [0.29, 0.717) is 28.6 Å². The van der Waals surface area contributed by atoms with Gasteiger partial charge in [0.15, 0.2) is 0 Å². The number of para-hydroxylation sites is 1. The second-order valence-corrected chi connectivity index (χ2v) is 7.87. The molecule has 8 heteroatoms. The van der Waals surface area contributed by atoms with Gasteiger partial charge in [-0.05, 0) is 35.9 Å². The van der Waals surface area contributed by atoms with E-state index in [1.807, 2.05) is 30.3 Å². The highest BCUT2D eigenvalue weighted by molar-refractivity contribution is 6.33. The molecule has 0 spiro atoms.